The highest BCUT2D eigenvalue weighted by Gasteiger charge is 2.30. The van der Waals surface area contributed by atoms with Gasteiger partial charge in [0.2, 0.25) is 11.8 Å². The number of ether oxygens (including phenoxy) is 2. The molecule has 0 radical (unpaired) electrons. The molecule has 1 aromatic heterocycles. The number of fused-ring (bicyclic) bond motifs is 1. The first-order valence-corrected chi connectivity index (χ1v) is 7.20. The first-order chi connectivity index (χ1) is 11.1. The summed E-state index contributed by atoms with van der Waals surface area (Å²) in [4.78, 5) is 42.0. The van der Waals surface area contributed by atoms with Gasteiger partial charge in [-0.25, -0.2) is 9.78 Å². The summed E-state index contributed by atoms with van der Waals surface area (Å²) >= 11 is 0. The molecule has 130 valence electrons. The van der Waals surface area contributed by atoms with Crippen molar-refractivity contribution in [1.29, 1.82) is 0 Å². The van der Waals surface area contributed by atoms with Gasteiger partial charge in [-0.05, 0) is 20.8 Å². The van der Waals surface area contributed by atoms with Gasteiger partial charge in [-0.3, -0.25) is 14.9 Å². The van der Waals surface area contributed by atoms with E-state index in [0.29, 0.717) is 0 Å². The van der Waals surface area contributed by atoms with E-state index < -0.39 is 29.7 Å². The Labute approximate surface area is 137 Å². The third-order valence-electron chi connectivity index (χ3n) is 2.79. The summed E-state index contributed by atoms with van der Waals surface area (Å²) in [5, 5.41) is 13.6. The molecule has 1 atom stereocenters. The highest BCUT2D eigenvalue weighted by Crippen LogP contribution is 2.28. The van der Waals surface area contributed by atoms with Gasteiger partial charge >= 0.3 is 12.1 Å². The van der Waals surface area contributed by atoms with Crippen molar-refractivity contribution < 1.29 is 29.0 Å². The molecule has 24 heavy (non-hydrogen) atoms. The van der Waals surface area contributed by atoms with Crippen LogP contribution in [0.4, 0.5) is 16.4 Å². The van der Waals surface area contributed by atoms with Gasteiger partial charge in [0.25, 0.3) is 5.91 Å². The Kier molecular flexibility index (Phi) is 4.86. The van der Waals surface area contributed by atoms with Gasteiger partial charge in [-0.2, -0.15) is 4.98 Å². The van der Waals surface area contributed by atoms with Gasteiger partial charge in [-0.15, -0.1) is 0 Å². The average molecular weight is 338 g/mol. The van der Waals surface area contributed by atoms with Crippen LogP contribution in [0.1, 0.15) is 33.6 Å². The molecule has 10 heteroatoms. The second-order valence-corrected chi connectivity index (χ2v) is 6.07. The Morgan fingerprint density at radius 3 is 2.79 bits per heavy atom. The van der Waals surface area contributed by atoms with Gasteiger partial charge < -0.3 is 19.9 Å². The largest absolute Gasteiger partial charge is 0.481 e. The van der Waals surface area contributed by atoms with Crippen molar-refractivity contribution >= 4 is 29.6 Å². The summed E-state index contributed by atoms with van der Waals surface area (Å²) in [6, 6.07) is 0. The number of aromatic nitrogens is 2. The van der Waals surface area contributed by atoms with Crippen LogP contribution in [-0.2, 0) is 14.3 Å². The second kappa shape index (κ2) is 6.69. The number of carbonyl (C=O) groups is 3. The van der Waals surface area contributed by atoms with Crippen molar-refractivity contribution in [2.24, 2.45) is 0 Å². The summed E-state index contributed by atoms with van der Waals surface area (Å²) in [5.41, 5.74) is -0.439. The normalized spacial score (nSPS) is 16.5. The Morgan fingerprint density at radius 1 is 1.46 bits per heavy atom. The maximum atomic E-state index is 11.8. The van der Waals surface area contributed by atoms with E-state index in [1.807, 2.05) is 0 Å². The Balaban J connectivity index is 2.07. The molecule has 2 amide bonds. The number of nitrogens with one attached hydrogen (secondary N) is 2. The average Bonchev–Trinajstić information content (AvgIpc) is 2.43. The van der Waals surface area contributed by atoms with Crippen LogP contribution in [0.2, 0.25) is 0 Å². The van der Waals surface area contributed by atoms with Crippen molar-refractivity contribution in [1.82, 2.24) is 9.97 Å². The van der Waals surface area contributed by atoms with Crippen molar-refractivity contribution in [3.05, 3.63) is 6.20 Å². The quantitative estimate of drug-likeness (QED) is 0.748. The van der Waals surface area contributed by atoms with Gasteiger partial charge in [0, 0.05) is 12.8 Å². The number of anilines is 2. The molecule has 0 spiro atoms. The van der Waals surface area contributed by atoms with E-state index in [2.05, 4.69) is 20.6 Å². The van der Waals surface area contributed by atoms with Crippen LogP contribution < -0.4 is 15.4 Å². The Hall–Kier alpha value is -2.91. The minimum Gasteiger partial charge on any atom is -0.481 e. The van der Waals surface area contributed by atoms with Crippen LogP contribution in [0.5, 0.6) is 5.88 Å². The minimum absolute atomic E-state index is 0.000558. The monoisotopic (exact) mass is 338 g/mol. The highest BCUT2D eigenvalue weighted by atomic mass is 16.6. The van der Waals surface area contributed by atoms with Crippen LogP contribution in [0.25, 0.3) is 0 Å². The van der Waals surface area contributed by atoms with E-state index in [-0.39, 0.29) is 30.4 Å². The molecular weight excluding hydrogens is 320 g/mol. The number of nitrogens with zero attached hydrogens (tertiary/aromatic N) is 2. The third-order valence-corrected chi connectivity index (χ3v) is 2.79. The van der Waals surface area contributed by atoms with E-state index in [9.17, 15) is 14.4 Å². The molecule has 2 heterocycles. The second-order valence-electron chi connectivity index (χ2n) is 6.07. The lowest BCUT2D eigenvalue weighted by Crippen LogP contribution is -2.38. The van der Waals surface area contributed by atoms with Crippen molar-refractivity contribution in [2.75, 3.05) is 10.6 Å². The zero-order valence-electron chi connectivity index (χ0n) is 13.5. The maximum Gasteiger partial charge on any atom is 0.414 e. The lowest BCUT2D eigenvalue weighted by molar-refractivity contribution is -0.137. The van der Waals surface area contributed by atoms with E-state index in [4.69, 9.17) is 14.6 Å². The fraction of sp³-hybridized carbons (Fsp3) is 0.500. The van der Waals surface area contributed by atoms with Crippen LogP contribution in [-0.4, -0.2) is 44.7 Å². The minimum atomic E-state index is -1.04. The number of carbonyl (C=O) groups excluding carboxylic acids is 2. The summed E-state index contributed by atoms with van der Waals surface area (Å²) in [5.74, 6) is -1.52. The molecule has 10 nitrogen and oxygen atoms in total. The SMILES string of the molecule is CC(C)(C)OC(=O)Nc1ncc2c(n1)OC(CCC(=O)O)C(=O)N2. The number of carboxylic acid groups (broad SMARTS) is 1. The van der Waals surface area contributed by atoms with Crippen LogP contribution in [0, 0.1) is 0 Å². The Morgan fingerprint density at radius 2 is 2.17 bits per heavy atom. The van der Waals surface area contributed by atoms with E-state index in [1.54, 1.807) is 20.8 Å². The third kappa shape index (κ3) is 4.80. The fourth-order valence-electron chi connectivity index (χ4n) is 1.84. The van der Waals surface area contributed by atoms with Crippen molar-refractivity contribution in [3.63, 3.8) is 0 Å². The number of amides is 2. The topological polar surface area (TPSA) is 140 Å². The molecule has 1 aliphatic heterocycles. The summed E-state index contributed by atoms with van der Waals surface area (Å²) < 4.78 is 10.5. The number of hydrogen-bond donors (Lipinski definition) is 3. The van der Waals surface area contributed by atoms with Crippen LogP contribution in [0.15, 0.2) is 6.20 Å². The molecule has 3 N–H and O–H groups in total. The first kappa shape index (κ1) is 17.4. The molecule has 1 aliphatic rings. The van der Waals surface area contributed by atoms with Crippen LogP contribution in [0.3, 0.4) is 0 Å². The molecule has 0 saturated heterocycles. The molecular formula is C14H18N4O6. The molecule has 1 unspecified atom stereocenters. The predicted octanol–water partition coefficient (Wildman–Crippen LogP) is 1.39. The standard InChI is InChI=1S/C14H18N4O6/c1-14(2,3)24-13(22)18-12-15-6-7-11(17-12)23-8(10(21)16-7)4-5-9(19)20/h6,8H,4-5H2,1-3H3,(H,16,21)(H,19,20)(H,15,17,18,22). The van der Waals surface area contributed by atoms with E-state index in [1.165, 1.54) is 6.20 Å². The molecule has 1 aromatic rings. The number of rotatable bonds is 4. The maximum absolute atomic E-state index is 11.8. The molecule has 0 bridgehead atoms. The molecule has 0 aromatic carbocycles. The molecule has 0 aliphatic carbocycles. The number of aliphatic carboxylic acids is 1. The van der Waals surface area contributed by atoms with Gasteiger partial charge in [0.05, 0.1) is 6.20 Å². The van der Waals surface area contributed by atoms with Crippen molar-refractivity contribution in [3.8, 4) is 5.88 Å². The van der Waals surface area contributed by atoms with E-state index >= 15 is 0 Å². The Bertz CT molecular complexity index is 670. The lowest BCUT2D eigenvalue weighted by Gasteiger charge is -2.24. The highest BCUT2D eigenvalue weighted by molar-refractivity contribution is 5.97. The smallest absolute Gasteiger partial charge is 0.414 e. The van der Waals surface area contributed by atoms with Crippen molar-refractivity contribution in [2.45, 2.75) is 45.3 Å². The van der Waals surface area contributed by atoms with Gasteiger partial charge in [-0.1, -0.05) is 0 Å². The predicted molar refractivity (Wildman–Crippen MR) is 81.8 cm³/mol. The molecule has 0 fully saturated rings. The number of carboxylic acids is 1. The first-order valence-electron chi connectivity index (χ1n) is 7.20. The zero-order chi connectivity index (χ0) is 17.9. The number of hydrogen-bond acceptors (Lipinski definition) is 7. The summed E-state index contributed by atoms with van der Waals surface area (Å²) in [7, 11) is 0. The zero-order valence-corrected chi connectivity index (χ0v) is 13.5. The molecule has 0 saturated carbocycles. The van der Waals surface area contributed by atoms with Crippen LogP contribution >= 0.6 is 0 Å². The lowest BCUT2D eigenvalue weighted by atomic mass is 10.1. The van der Waals surface area contributed by atoms with Gasteiger partial charge in [0.1, 0.15) is 11.3 Å². The van der Waals surface area contributed by atoms with E-state index in [0.717, 1.165) is 0 Å². The van der Waals surface area contributed by atoms with Gasteiger partial charge in [0.15, 0.2) is 6.10 Å². The summed E-state index contributed by atoms with van der Waals surface area (Å²) in [6.07, 6.45) is -0.649. The molecule has 2 rings (SSSR count). The summed E-state index contributed by atoms with van der Waals surface area (Å²) in [6.45, 7) is 5.14. The fourth-order valence-corrected chi connectivity index (χ4v) is 1.84.